The van der Waals surface area contributed by atoms with E-state index in [4.69, 9.17) is 4.74 Å². The minimum Gasteiger partial charge on any atom is -0.497 e. The lowest BCUT2D eigenvalue weighted by Gasteiger charge is -2.41. The fourth-order valence-corrected chi connectivity index (χ4v) is 6.43. The third kappa shape index (κ3) is 7.05. The van der Waals surface area contributed by atoms with E-state index in [1.54, 1.807) is 18.2 Å². The van der Waals surface area contributed by atoms with Crippen molar-refractivity contribution in [2.24, 2.45) is 5.41 Å². The third-order valence-corrected chi connectivity index (χ3v) is 8.67. The summed E-state index contributed by atoms with van der Waals surface area (Å²) in [5, 5.41) is 20.1. The van der Waals surface area contributed by atoms with Crippen molar-refractivity contribution in [1.82, 2.24) is 9.88 Å². The summed E-state index contributed by atoms with van der Waals surface area (Å²) in [5.74, 6) is -3.14. The molecule has 4 rings (SSSR count). The number of pyridine rings is 1. The largest absolute Gasteiger partial charge is 0.497 e. The molecule has 0 amide bonds. The second-order valence-electron chi connectivity index (χ2n) is 10.2. The molecule has 0 radical (unpaired) electrons. The van der Waals surface area contributed by atoms with E-state index in [1.165, 1.54) is 13.3 Å². The van der Waals surface area contributed by atoms with Gasteiger partial charge in [-0.25, -0.2) is 17.6 Å². The second kappa shape index (κ2) is 13.2. The number of thioether (sulfide) groups is 1. The zero-order chi connectivity index (χ0) is 28.9. The molecule has 0 aliphatic carbocycles. The number of carbonyl (C=O) groups is 1. The molecule has 3 aromatic rings. The van der Waals surface area contributed by atoms with Crippen LogP contribution in [-0.2, 0) is 11.4 Å². The van der Waals surface area contributed by atoms with E-state index in [0.29, 0.717) is 78.5 Å². The molecule has 2 aromatic carbocycles. The number of carboxylic acid groups (broad SMARTS) is 1. The number of methoxy groups -OCH3 is 1. The highest BCUT2D eigenvalue weighted by molar-refractivity contribution is 7.99. The number of piperidine rings is 1. The van der Waals surface area contributed by atoms with Crippen molar-refractivity contribution in [2.75, 3.05) is 32.5 Å². The Morgan fingerprint density at radius 2 is 1.95 bits per heavy atom. The zero-order valence-corrected chi connectivity index (χ0v) is 23.0. The summed E-state index contributed by atoms with van der Waals surface area (Å²) in [5.41, 5.74) is 0.690. The van der Waals surface area contributed by atoms with Gasteiger partial charge >= 0.3 is 5.97 Å². The van der Waals surface area contributed by atoms with Gasteiger partial charge in [-0.2, -0.15) is 0 Å². The molecule has 6 nitrogen and oxygen atoms in total. The second-order valence-corrected chi connectivity index (χ2v) is 11.3. The first kappa shape index (κ1) is 30.1. The molecule has 216 valence electrons. The van der Waals surface area contributed by atoms with E-state index < -0.39 is 35.0 Å². The molecule has 2 N–H and O–H groups in total. The van der Waals surface area contributed by atoms with Crippen molar-refractivity contribution in [3.63, 3.8) is 0 Å². The topological polar surface area (TPSA) is 82.9 Å². The van der Waals surface area contributed by atoms with Crippen LogP contribution in [0, 0.1) is 22.9 Å². The first-order chi connectivity index (χ1) is 19.1. The normalized spacial score (nSPS) is 16.2. The number of aliphatic hydroxyl groups is 1. The van der Waals surface area contributed by atoms with Gasteiger partial charge < -0.3 is 19.8 Å². The van der Waals surface area contributed by atoms with E-state index >= 15 is 4.39 Å². The molecule has 40 heavy (non-hydrogen) atoms. The number of rotatable bonds is 12. The molecule has 0 spiro atoms. The van der Waals surface area contributed by atoms with Gasteiger partial charge in [0.2, 0.25) is 0 Å². The highest BCUT2D eigenvalue weighted by atomic mass is 32.2. The Labute approximate surface area is 234 Å². The van der Waals surface area contributed by atoms with Crippen LogP contribution in [0.5, 0.6) is 5.75 Å². The van der Waals surface area contributed by atoms with Gasteiger partial charge in [-0.3, -0.25) is 9.78 Å². The highest BCUT2D eigenvalue weighted by Crippen LogP contribution is 2.43. The molecule has 1 aliphatic heterocycles. The zero-order valence-electron chi connectivity index (χ0n) is 22.1. The Balaban J connectivity index is 1.41. The first-order valence-electron chi connectivity index (χ1n) is 13.1. The summed E-state index contributed by atoms with van der Waals surface area (Å²) in [6.07, 6.45) is 1.43. The highest BCUT2D eigenvalue weighted by Gasteiger charge is 2.37. The molecule has 0 unspecified atom stereocenters. The Kier molecular flexibility index (Phi) is 9.91. The number of aromatic nitrogens is 1. The molecule has 0 bridgehead atoms. The van der Waals surface area contributed by atoms with E-state index in [-0.39, 0.29) is 24.3 Å². The third-order valence-electron chi connectivity index (χ3n) is 7.68. The van der Waals surface area contributed by atoms with E-state index in [1.807, 2.05) is 0 Å². The number of hydrogen-bond donors (Lipinski definition) is 2. The van der Waals surface area contributed by atoms with Gasteiger partial charge in [0.15, 0.2) is 11.6 Å². The number of aliphatic carboxylic acids is 1. The van der Waals surface area contributed by atoms with Crippen LogP contribution in [0.2, 0.25) is 0 Å². The number of fused-ring (bicyclic) bond motifs is 1. The molecule has 2 heterocycles. The van der Waals surface area contributed by atoms with Gasteiger partial charge in [-0.15, -0.1) is 11.8 Å². The average Bonchev–Trinajstić information content (AvgIpc) is 2.94. The summed E-state index contributed by atoms with van der Waals surface area (Å²) in [4.78, 5) is 18.1. The van der Waals surface area contributed by atoms with Crippen molar-refractivity contribution in [3.05, 3.63) is 65.1 Å². The fourth-order valence-electron chi connectivity index (χ4n) is 5.44. The minimum absolute atomic E-state index is 0.0802. The Bertz CT molecular complexity index is 1350. The van der Waals surface area contributed by atoms with Crippen LogP contribution in [0.3, 0.4) is 0 Å². The molecule has 1 saturated heterocycles. The molecular formula is C29H32F4N2O4S. The number of likely N-dealkylation sites (tertiary alicyclic amines) is 1. The Hall–Kier alpha value is -2.89. The smallest absolute Gasteiger partial charge is 0.303 e. The maximum atomic E-state index is 15.9. The predicted octanol–water partition coefficient (Wildman–Crippen LogP) is 6.29. The lowest BCUT2D eigenvalue weighted by Crippen LogP contribution is -2.42. The van der Waals surface area contributed by atoms with Gasteiger partial charge in [0.25, 0.3) is 0 Å². The van der Waals surface area contributed by atoms with E-state index in [9.17, 15) is 28.2 Å². The number of halogens is 4. The number of nitrogens with zero attached hydrogens (tertiary/aromatic N) is 2. The monoisotopic (exact) mass is 580 g/mol. The summed E-state index contributed by atoms with van der Waals surface area (Å²) < 4.78 is 62.0. The van der Waals surface area contributed by atoms with E-state index in [2.05, 4.69) is 9.88 Å². The number of hydrogen-bond acceptors (Lipinski definition) is 6. The van der Waals surface area contributed by atoms with Gasteiger partial charge in [-0.05, 0) is 68.5 Å². The summed E-state index contributed by atoms with van der Waals surface area (Å²) >= 11 is 1.02. The molecular weight excluding hydrogens is 548 g/mol. The van der Waals surface area contributed by atoms with E-state index in [0.717, 1.165) is 17.8 Å². The van der Waals surface area contributed by atoms with Crippen LogP contribution in [0.25, 0.3) is 10.9 Å². The lowest BCUT2D eigenvalue weighted by molar-refractivity contribution is -0.141. The summed E-state index contributed by atoms with van der Waals surface area (Å²) in [6.45, 7) is 1.29. The quantitative estimate of drug-likeness (QED) is 0.148. The van der Waals surface area contributed by atoms with Gasteiger partial charge in [0.05, 0.1) is 25.7 Å². The molecule has 11 heteroatoms. The van der Waals surface area contributed by atoms with Gasteiger partial charge in [-0.1, -0.05) is 0 Å². The van der Waals surface area contributed by atoms with Gasteiger partial charge in [0, 0.05) is 46.0 Å². The van der Waals surface area contributed by atoms with Crippen molar-refractivity contribution in [1.29, 1.82) is 0 Å². The molecule has 1 fully saturated rings. The van der Waals surface area contributed by atoms with Crippen LogP contribution in [0.4, 0.5) is 17.6 Å². The SMILES string of the molecule is COc1ccc2ncc(CO)c([C@H](F)CCC3(CC(=O)O)CCN(CCSc4cc(F)cc(F)c4F)CC3)c2c1. The van der Waals surface area contributed by atoms with Crippen LogP contribution >= 0.6 is 11.8 Å². The Morgan fingerprint density at radius 3 is 2.62 bits per heavy atom. The maximum Gasteiger partial charge on any atom is 0.303 e. The average molecular weight is 581 g/mol. The Morgan fingerprint density at radius 1 is 1.20 bits per heavy atom. The van der Waals surface area contributed by atoms with Crippen LogP contribution in [0.1, 0.15) is 49.4 Å². The fraction of sp³-hybridized carbons (Fsp3) is 0.448. The van der Waals surface area contributed by atoms with Crippen molar-refractivity contribution < 1.29 is 37.3 Å². The molecule has 1 aromatic heterocycles. The number of benzene rings is 2. The maximum absolute atomic E-state index is 15.9. The standard InChI is InChI=1S/C29H32F4N2O4S/c1-39-20-2-3-24-21(14-20)27(18(17-36)16-34-24)22(31)4-5-29(15-26(37)38)6-8-35(9-7-29)10-11-40-25-13-19(30)12-23(32)28(25)33/h2-3,12-14,16,22,36H,4-11,15,17H2,1H3,(H,37,38)/t22-/m1/s1. The van der Waals surface area contributed by atoms with Crippen LogP contribution in [0.15, 0.2) is 41.4 Å². The van der Waals surface area contributed by atoms with Crippen molar-refractivity contribution in [3.8, 4) is 5.75 Å². The molecule has 1 atom stereocenters. The van der Waals surface area contributed by atoms with Crippen LogP contribution < -0.4 is 4.74 Å². The summed E-state index contributed by atoms with van der Waals surface area (Å²) in [6, 6.07) is 6.62. The first-order valence-corrected chi connectivity index (χ1v) is 14.1. The predicted molar refractivity (Wildman–Crippen MR) is 145 cm³/mol. The number of aliphatic hydroxyl groups excluding tert-OH is 1. The van der Waals surface area contributed by atoms with Crippen molar-refractivity contribution >= 4 is 28.6 Å². The number of alkyl halides is 1. The van der Waals surface area contributed by atoms with Crippen LogP contribution in [-0.4, -0.2) is 58.6 Å². The van der Waals surface area contributed by atoms with Crippen molar-refractivity contribution in [2.45, 2.75) is 49.8 Å². The lowest BCUT2D eigenvalue weighted by atomic mass is 9.71. The number of ether oxygens (including phenoxy) is 1. The number of carboxylic acids is 1. The summed E-state index contributed by atoms with van der Waals surface area (Å²) in [7, 11) is 1.51. The molecule has 0 saturated carbocycles. The molecule has 1 aliphatic rings. The van der Waals surface area contributed by atoms with Gasteiger partial charge in [0.1, 0.15) is 17.7 Å². The minimum atomic E-state index is -1.44.